The molecule has 0 aromatic heterocycles. The predicted molar refractivity (Wildman–Crippen MR) is 148 cm³/mol. The van der Waals surface area contributed by atoms with Crippen molar-refractivity contribution in [3.63, 3.8) is 0 Å². The second-order valence-corrected chi connectivity index (χ2v) is 12.5. The summed E-state index contributed by atoms with van der Waals surface area (Å²) in [4.78, 5) is 15.3. The lowest BCUT2D eigenvalue weighted by Gasteiger charge is -2.47. The minimum absolute atomic E-state index is 0.143. The molecule has 9 heteroatoms. The van der Waals surface area contributed by atoms with Crippen molar-refractivity contribution in [2.75, 3.05) is 21.2 Å². The van der Waals surface area contributed by atoms with E-state index in [2.05, 4.69) is 0 Å². The molecule has 224 valence electrons. The number of ether oxygens (including phenoxy) is 5. The van der Waals surface area contributed by atoms with Gasteiger partial charge >= 0.3 is 5.97 Å². The molecule has 0 spiro atoms. The lowest BCUT2D eigenvalue weighted by molar-refractivity contribution is -0.300. The molecular weight excluding hydrogens is 502 g/mol. The first-order valence-corrected chi connectivity index (χ1v) is 14.3. The molecule has 11 atom stereocenters. The van der Waals surface area contributed by atoms with Crippen LogP contribution in [0.25, 0.3) is 0 Å². The second-order valence-electron chi connectivity index (χ2n) is 12.5. The van der Waals surface area contributed by atoms with E-state index < -0.39 is 59.7 Å². The van der Waals surface area contributed by atoms with Gasteiger partial charge < -0.3 is 38.8 Å². The number of carbonyl (C=O) groups is 1. The Bertz CT molecular complexity index is 949. The van der Waals surface area contributed by atoms with Crippen molar-refractivity contribution in [1.82, 2.24) is 4.90 Å². The van der Waals surface area contributed by atoms with Crippen LogP contribution in [0.15, 0.2) is 23.0 Å². The average molecular weight is 554 g/mol. The van der Waals surface area contributed by atoms with Gasteiger partial charge in [0.2, 0.25) is 0 Å². The zero-order chi connectivity index (χ0) is 29.4. The summed E-state index contributed by atoms with van der Waals surface area (Å²) in [6.07, 6.45) is -0.728. The summed E-state index contributed by atoms with van der Waals surface area (Å²) in [6, 6.07) is -0.163. The standard InChI is InChI=1S/C30H51NO8/c1-12-22-29(7)14-16(2)25(39-29)17(3)15-30(8,35-11)26(19(5)23(32)20(6)27(34)37-22)38-28-24(33)21(31(9)10)13-18(4)36-28/h14,18-24,26,28,32-33H,12-13,15H2,1-11H3/b25-17+/t18-,19+,20-,21+,22-,23+,24-,26-,28+,29+,30?/m1/s1. The van der Waals surface area contributed by atoms with Gasteiger partial charge in [0.1, 0.15) is 18.0 Å². The van der Waals surface area contributed by atoms with Crippen LogP contribution < -0.4 is 0 Å². The van der Waals surface area contributed by atoms with Gasteiger partial charge in [-0.3, -0.25) is 4.79 Å². The highest BCUT2D eigenvalue weighted by atomic mass is 16.7. The number of aliphatic hydroxyl groups excluding tert-OH is 2. The number of methoxy groups -OCH3 is 1. The molecule has 0 saturated carbocycles. The molecule has 9 nitrogen and oxygen atoms in total. The van der Waals surface area contributed by atoms with Crippen LogP contribution in [0.3, 0.4) is 0 Å². The lowest BCUT2D eigenvalue weighted by Crippen LogP contribution is -2.59. The summed E-state index contributed by atoms with van der Waals surface area (Å²) >= 11 is 0. The van der Waals surface area contributed by atoms with E-state index in [1.807, 2.05) is 73.5 Å². The molecule has 0 aromatic carbocycles. The van der Waals surface area contributed by atoms with Gasteiger partial charge in [-0.25, -0.2) is 0 Å². The Morgan fingerprint density at radius 1 is 1.13 bits per heavy atom. The quantitative estimate of drug-likeness (QED) is 0.494. The van der Waals surface area contributed by atoms with Crippen molar-refractivity contribution in [3.05, 3.63) is 23.0 Å². The molecule has 2 N–H and O–H groups in total. The van der Waals surface area contributed by atoms with Crippen LogP contribution in [0.1, 0.15) is 74.7 Å². The van der Waals surface area contributed by atoms with Crippen molar-refractivity contribution in [1.29, 1.82) is 0 Å². The molecule has 0 amide bonds. The number of cyclic esters (lactones) is 1. The van der Waals surface area contributed by atoms with Gasteiger partial charge in [0.05, 0.1) is 29.8 Å². The maximum atomic E-state index is 13.3. The first-order chi connectivity index (χ1) is 18.1. The fraction of sp³-hybridized carbons (Fsp3) is 0.833. The Hall–Kier alpha value is -1.49. The zero-order valence-corrected chi connectivity index (χ0v) is 25.7. The largest absolute Gasteiger partial charge is 0.479 e. The third-order valence-electron chi connectivity index (χ3n) is 8.98. The van der Waals surface area contributed by atoms with Gasteiger partial charge in [-0.05, 0) is 85.7 Å². The summed E-state index contributed by atoms with van der Waals surface area (Å²) in [5, 5.41) is 22.8. The minimum Gasteiger partial charge on any atom is -0.479 e. The van der Waals surface area contributed by atoms with E-state index in [1.165, 1.54) is 0 Å². The summed E-state index contributed by atoms with van der Waals surface area (Å²) in [6.45, 7) is 15.3. The number of likely N-dealkylation sites (N-methyl/N-ethyl adjacent to an activating group) is 1. The highest BCUT2D eigenvalue weighted by molar-refractivity contribution is 5.73. The molecule has 39 heavy (non-hydrogen) atoms. The number of hydrogen-bond acceptors (Lipinski definition) is 9. The molecule has 2 bridgehead atoms. The van der Waals surface area contributed by atoms with E-state index in [0.29, 0.717) is 19.3 Å². The Labute approximate surface area is 234 Å². The second kappa shape index (κ2) is 12.2. The molecule has 3 aliphatic heterocycles. The smallest absolute Gasteiger partial charge is 0.311 e. The third-order valence-corrected chi connectivity index (χ3v) is 8.98. The van der Waals surface area contributed by atoms with Crippen LogP contribution in [-0.4, -0.2) is 96.3 Å². The Balaban J connectivity index is 2.10. The molecule has 3 heterocycles. The summed E-state index contributed by atoms with van der Waals surface area (Å²) in [5.41, 5.74) is 0.128. The van der Waals surface area contributed by atoms with Crippen molar-refractivity contribution in [2.24, 2.45) is 11.8 Å². The van der Waals surface area contributed by atoms with Crippen molar-refractivity contribution >= 4 is 5.97 Å². The summed E-state index contributed by atoms with van der Waals surface area (Å²) in [7, 11) is 5.46. The van der Waals surface area contributed by atoms with Crippen molar-refractivity contribution < 1.29 is 38.7 Å². The fourth-order valence-corrected chi connectivity index (χ4v) is 6.55. The molecule has 1 saturated heterocycles. The lowest BCUT2D eigenvalue weighted by atomic mass is 9.78. The van der Waals surface area contributed by atoms with E-state index in [-0.39, 0.29) is 12.1 Å². The normalized spacial score (nSPS) is 46.1. The van der Waals surface area contributed by atoms with E-state index in [1.54, 1.807) is 14.0 Å². The summed E-state index contributed by atoms with van der Waals surface area (Å²) < 4.78 is 31.3. The van der Waals surface area contributed by atoms with Crippen molar-refractivity contribution in [2.45, 2.75) is 129 Å². The van der Waals surface area contributed by atoms with Crippen LogP contribution in [0.2, 0.25) is 0 Å². The van der Waals surface area contributed by atoms with E-state index in [4.69, 9.17) is 23.7 Å². The molecule has 3 rings (SSSR count). The topological polar surface area (TPSA) is 107 Å². The van der Waals surface area contributed by atoms with Crippen LogP contribution in [-0.2, 0) is 28.5 Å². The van der Waals surface area contributed by atoms with Gasteiger partial charge in [0.15, 0.2) is 11.9 Å². The first-order valence-electron chi connectivity index (χ1n) is 14.3. The van der Waals surface area contributed by atoms with Crippen molar-refractivity contribution in [3.8, 4) is 0 Å². The Kier molecular flexibility index (Phi) is 9.99. The SMILES string of the molecule is CC[C@H]1OC(=O)[C@H](C)[C@@H](O)[C@H](C)[C@@H](O[C@@H]2O[C@H](C)C[C@H](N(C)C)[C@H]2O)C(C)(OC)C/C(C)=C2/O[C@@]1(C)C=C2C. The molecule has 0 aromatic rings. The molecule has 1 fully saturated rings. The molecule has 0 radical (unpaired) electrons. The van der Waals surface area contributed by atoms with Gasteiger partial charge in [0, 0.05) is 25.5 Å². The monoisotopic (exact) mass is 553 g/mol. The minimum atomic E-state index is -1.10. The molecular formula is C30H51NO8. The molecule has 1 unspecified atom stereocenters. The van der Waals surface area contributed by atoms with Gasteiger partial charge in [-0.15, -0.1) is 0 Å². The highest BCUT2D eigenvalue weighted by Gasteiger charge is 2.50. The maximum Gasteiger partial charge on any atom is 0.311 e. The van der Waals surface area contributed by atoms with Gasteiger partial charge in [-0.1, -0.05) is 13.8 Å². The Morgan fingerprint density at radius 2 is 1.77 bits per heavy atom. The average Bonchev–Trinajstić information content (AvgIpc) is 3.19. The Morgan fingerprint density at radius 3 is 2.33 bits per heavy atom. The number of rotatable bonds is 5. The number of esters is 1. The number of aliphatic hydroxyl groups is 2. The van der Waals surface area contributed by atoms with Crippen LogP contribution in [0.5, 0.6) is 0 Å². The fourth-order valence-electron chi connectivity index (χ4n) is 6.55. The predicted octanol–water partition coefficient (Wildman–Crippen LogP) is 3.57. The molecule has 0 aliphatic carbocycles. The zero-order valence-electron chi connectivity index (χ0n) is 25.7. The number of hydrogen-bond donors (Lipinski definition) is 2. The van der Waals surface area contributed by atoms with E-state index in [0.717, 1.165) is 16.9 Å². The summed E-state index contributed by atoms with van der Waals surface area (Å²) in [5.74, 6) is -1.17. The van der Waals surface area contributed by atoms with E-state index in [9.17, 15) is 15.0 Å². The van der Waals surface area contributed by atoms with Crippen LogP contribution in [0.4, 0.5) is 0 Å². The number of fused-ring (bicyclic) bond motifs is 2. The number of nitrogens with zero attached hydrogens (tertiary/aromatic N) is 1. The van der Waals surface area contributed by atoms with Crippen LogP contribution >= 0.6 is 0 Å². The van der Waals surface area contributed by atoms with Gasteiger partial charge in [0.25, 0.3) is 0 Å². The van der Waals surface area contributed by atoms with Gasteiger partial charge in [-0.2, -0.15) is 0 Å². The number of carbonyl (C=O) groups excluding carboxylic acids is 1. The molecule has 3 aliphatic rings. The number of allylic oxidation sites excluding steroid dienone is 1. The first kappa shape index (κ1) is 32.0. The third kappa shape index (κ3) is 6.39. The van der Waals surface area contributed by atoms with Crippen LogP contribution in [0, 0.1) is 11.8 Å². The van der Waals surface area contributed by atoms with E-state index >= 15 is 0 Å². The highest BCUT2D eigenvalue weighted by Crippen LogP contribution is 2.43. The maximum absolute atomic E-state index is 13.3.